The Morgan fingerprint density at radius 3 is 2.21 bits per heavy atom. The molecule has 39 heavy (non-hydrogen) atoms. The number of nitrogens with zero attached hydrogens (tertiary/aromatic N) is 2. The van der Waals surface area contributed by atoms with Gasteiger partial charge in [0.15, 0.2) is 0 Å². The van der Waals surface area contributed by atoms with E-state index < -0.39 is 28.5 Å². The molecule has 0 bridgehead atoms. The van der Waals surface area contributed by atoms with Gasteiger partial charge in [-0.2, -0.15) is 0 Å². The minimum Gasteiger partial charge on any atom is -0.352 e. The van der Waals surface area contributed by atoms with Crippen molar-refractivity contribution in [3.63, 3.8) is 0 Å². The summed E-state index contributed by atoms with van der Waals surface area (Å²) in [7, 11) is -4.06. The number of anilines is 1. The number of rotatable bonds is 10. The molecular formula is C29H31BrIN3O4S. The van der Waals surface area contributed by atoms with Crippen LogP contribution < -0.4 is 9.62 Å². The molecule has 0 unspecified atom stereocenters. The molecule has 1 N–H and O–H groups in total. The van der Waals surface area contributed by atoms with Crippen molar-refractivity contribution in [1.29, 1.82) is 0 Å². The first-order valence-corrected chi connectivity index (χ1v) is 16.1. The summed E-state index contributed by atoms with van der Waals surface area (Å²) < 4.78 is 30.5. The van der Waals surface area contributed by atoms with Gasteiger partial charge in [-0.1, -0.05) is 59.1 Å². The van der Waals surface area contributed by atoms with E-state index >= 15 is 0 Å². The Balaban J connectivity index is 1.66. The molecule has 3 aromatic carbocycles. The maximum Gasteiger partial charge on any atom is 0.264 e. The summed E-state index contributed by atoms with van der Waals surface area (Å²) in [5.74, 6) is -0.705. The van der Waals surface area contributed by atoms with Gasteiger partial charge < -0.3 is 10.2 Å². The van der Waals surface area contributed by atoms with Crippen molar-refractivity contribution in [3.8, 4) is 0 Å². The Kier molecular flexibility index (Phi) is 10.1. The van der Waals surface area contributed by atoms with E-state index in [1.54, 1.807) is 49.4 Å². The van der Waals surface area contributed by atoms with Crippen LogP contribution in [0.25, 0.3) is 0 Å². The molecular weight excluding hydrogens is 693 g/mol. The fourth-order valence-electron chi connectivity index (χ4n) is 4.62. The molecule has 206 valence electrons. The average Bonchev–Trinajstić information content (AvgIpc) is 3.45. The molecule has 1 aliphatic carbocycles. The minimum atomic E-state index is -4.06. The zero-order valence-electron chi connectivity index (χ0n) is 21.6. The van der Waals surface area contributed by atoms with Crippen LogP contribution in [0.1, 0.15) is 38.2 Å². The number of sulfonamides is 1. The van der Waals surface area contributed by atoms with Gasteiger partial charge in [0.1, 0.15) is 12.6 Å². The van der Waals surface area contributed by atoms with Crippen molar-refractivity contribution < 1.29 is 18.0 Å². The van der Waals surface area contributed by atoms with E-state index in [4.69, 9.17) is 0 Å². The van der Waals surface area contributed by atoms with Crippen molar-refractivity contribution in [2.24, 2.45) is 0 Å². The molecule has 0 heterocycles. The van der Waals surface area contributed by atoms with Crippen LogP contribution in [0.3, 0.4) is 0 Å². The fourth-order valence-corrected chi connectivity index (χ4v) is 6.68. The van der Waals surface area contributed by atoms with Crippen LogP contribution in [0.4, 0.5) is 5.69 Å². The Bertz CT molecular complexity index is 1380. The van der Waals surface area contributed by atoms with Crippen LogP contribution in [-0.4, -0.2) is 43.8 Å². The van der Waals surface area contributed by atoms with Crippen LogP contribution >= 0.6 is 38.5 Å². The first kappa shape index (κ1) is 29.5. The molecule has 0 saturated heterocycles. The number of benzene rings is 3. The maximum absolute atomic E-state index is 14.0. The lowest BCUT2D eigenvalue weighted by Gasteiger charge is -2.32. The Hall–Kier alpha value is -2.44. The highest BCUT2D eigenvalue weighted by Gasteiger charge is 2.33. The van der Waals surface area contributed by atoms with Crippen LogP contribution in [0.15, 0.2) is 88.2 Å². The summed E-state index contributed by atoms with van der Waals surface area (Å²) in [5, 5.41) is 3.08. The standard InChI is InChI=1S/C29H31BrIN3O4S/c1-21(29(36)32-25-7-5-6-8-25)33(19-22-11-13-23(30)14-12-22)28(35)20-34(26-17-15-24(31)16-18-26)39(37,38)27-9-3-2-4-10-27/h2-4,9-18,21,25H,5-8,19-20H2,1H3,(H,32,36)/t21-/m0/s1. The Morgan fingerprint density at radius 1 is 0.974 bits per heavy atom. The monoisotopic (exact) mass is 723 g/mol. The van der Waals surface area contributed by atoms with Crippen molar-refractivity contribution in [1.82, 2.24) is 10.2 Å². The molecule has 2 amide bonds. The highest BCUT2D eigenvalue weighted by Crippen LogP contribution is 2.26. The third-order valence-corrected chi connectivity index (χ3v) is 9.90. The van der Waals surface area contributed by atoms with E-state index in [1.807, 2.05) is 24.3 Å². The number of carbonyl (C=O) groups excluding carboxylic acids is 2. The highest BCUT2D eigenvalue weighted by molar-refractivity contribution is 14.1. The van der Waals surface area contributed by atoms with Crippen LogP contribution in [0.5, 0.6) is 0 Å². The lowest BCUT2D eigenvalue weighted by Crippen LogP contribution is -2.52. The SMILES string of the molecule is C[C@@H](C(=O)NC1CCCC1)N(Cc1ccc(Br)cc1)C(=O)CN(c1ccc(I)cc1)S(=O)(=O)c1ccccc1. The summed E-state index contributed by atoms with van der Waals surface area (Å²) in [6, 6.07) is 21.8. The van der Waals surface area contributed by atoms with E-state index in [1.165, 1.54) is 17.0 Å². The lowest BCUT2D eigenvalue weighted by molar-refractivity contribution is -0.139. The number of hydrogen-bond acceptors (Lipinski definition) is 4. The molecule has 1 aliphatic rings. The van der Waals surface area contributed by atoms with Gasteiger partial charge >= 0.3 is 0 Å². The van der Waals surface area contributed by atoms with Gasteiger partial charge in [-0.3, -0.25) is 13.9 Å². The summed E-state index contributed by atoms with van der Waals surface area (Å²) in [6.45, 7) is 1.41. The summed E-state index contributed by atoms with van der Waals surface area (Å²) in [6.07, 6.45) is 4.00. The summed E-state index contributed by atoms with van der Waals surface area (Å²) in [5.41, 5.74) is 1.21. The van der Waals surface area contributed by atoms with Crippen molar-refractivity contribution >= 4 is 66.0 Å². The van der Waals surface area contributed by atoms with Crippen molar-refractivity contribution in [2.75, 3.05) is 10.8 Å². The second kappa shape index (κ2) is 13.3. The predicted octanol–water partition coefficient (Wildman–Crippen LogP) is 5.73. The number of hydrogen-bond donors (Lipinski definition) is 1. The molecule has 0 aliphatic heterocycles. The van der Waals surface area contributed by atoms with Gasteiger partial charge in [-0.15, -0.1) is 0 Å². The van der Waals surface area contributed by atoms with Gasteiger partial charge in [0.05, 0.1) is 10.6 Å². The molecule has 7 nitrogen and oxygen atoms in total. The Labute approximate surface area is 252 Å². The zero-order chi connectivity index (χ0) is 28.0. The van der Waals surface area contributed by atoms with E-state index in [0.717, 1.165) is 43.6 Å². The molecule has 1 fully saturated rings. The Morgan fingerprint density at radius 2 is 1.59 bits per heavy atom. The van der Waals surface area contributed by atoms with Gasteiger partial charge in [-0.25, -0.2) is 8.42 Å². The molecule has 0 aromatic heterocycles. The topological polar surface area (TPSA) is 86.8 Å². The summed E-state index contributed by atoms with van der Waals surface area (Å²) >= 11 is 5.58. The number of carbonyl (C=O) groups is 2. The second-order valence-electron chi connectivity index (χ2n) is 9.62. The second-order valence-corrected chi connectivity index (χ2v) is 13.6. The van der Waals surface area contributed by atoms with Crippen LogP contribution in [0.2, 0.25) is 0 Å². The smallest absolute Gasteiger partial charge is 0.264 e. The molecule has 0 spiro atoms. The van der Waals surface area contributed by atoms with Gasteiger partial charge in [0.2, 0.25) is 11.8 Å². The van der Waals surface area contributed by atoms with Crippen molar-refractivity contribution in [2.45, 2.75) is 56.1 Å². The fraction of sp³-hybridized carbons (Fsp3) is 0.310. The molecule has 3 aromatic rings. The van der Waals surface area contributed by atoms with Gasteiger partial charge in [0, 0.05) is 20.6 Å². The van der Waals surface area contributed by atoms with E-state index in [9.17, 15) is 18.0 Å². The normalized spacial score (nSPS) is 14.5. The first-order valence-electron chi connectivity index (χ1n) is 12.8. The first-order chi connectivity index (χ1) is 18.6. The van der Waals surface area contributed by atoms with E-state index in [0.29, 0.717) is 5.69 Å². The molecule has 4 rings (SSSR count). The molecule has 1 atom stereocenters. The zero-order valence-corrected chi connectivity index (χ0v) is 26.2. The van der Waals surface area contributed by atoms with E-state index in [-0.39, 0.29) is 23.4 Å². The van der Waals surface area contributed by atoms with Gasteiger partial charge in [-0.05, 0) is 96.5 Å². The largest absolute Gasteiger partial charge is 0.352 e. The number of nitrogens with one attached hydrogen (secondary N) is 1. The van der Waals surface area contributed by atoms with E-state index in [2.05, 4.69) is 43.8 Å². The summed E-state index contributed by atoms with van der Waals surface area (Å²) in [4.78, 5) is 28.8. The minimum absolute atomic E-state index is 0.0860. The number of amides is 2. The third kappa shape index (κ3) is 7.61. The van der Waals surface area contributed by atoms with Crippen LogP contribution in [-0.2, 0) is 26.2 Å². The van der Waals surface area contributed by atoms with Crippen LogP contribution in [0, 0.1) is 3.57 Å². The molecule has 1 saturated carbocycles. The molecule has 10 heteroatoms. The maximum atomic E-state index is 14.0. The average molecular weight is 724 g/mol. The van der Waals surface area contributed by atoms with Crippen molar-refractivity contribution in [3.05, 3.63) is 92.5 Å². The quantitative estimate of drug-likeness (QED) is 0.271. The lowest BCUT2D eigenvalue weighted by atomic mass is 10.1. The third-order valence-electron chi connectivity index (χ3n) is 6.86. The molecule has 0 radical (unpaired) electrons. The number of halogens is 2. The predicted molar refractivity (Wildman–Crippen MR) is 165 cm³/mol. The highest BCUT2D eigenvalue weighted by atomic mass is 127. The van der Waals surface area contributed by atoms with Gasteiger partial charge in [0.25, 0.3) is 10.0 Å².